The minimum absolute atomic E-state index is 0.0269. The predicted octanol–water partition coefficient (Wildman–Crippen LogP) is 4.55. The van der Waals surface area contributed by atoms with Gasteiger partial charge in [0.15, 0.2) is 9.84 Å². The third kappa shape index (κ3) is 4.23. The molecule has 3 aromatic rings. The van der Waals surface area contributed by atoms with E-state index >= 15 is 0 Å². The molecule has 5 nitrogen and oxygen atoms in total. The van der Waals surface area contributed by atoms with E-state index in [-0.39, 0.29) is 23.1 Å². The third-order valence-corrected chi connectivity index (χ3v) is 7.51. The van der Waals surface area contributed by atoms with Crippen LogP contribution in [0.2, 0.25) is 5.02 Å². The van der Waals surface area contributed by atoms with Crippen LogP contribution in [0.1, 0.15) is 42.1 Å². The number of aryl methyl sites for hydroxylation is 1. The molecule has 1 aromatic heterocycles. The normalized spacial score (nSPS) is 15.6. The maximum absolute atomic E-state index is 12.4. The molecule has 0 bridgehead atoms. The van der Waals surface area contributed by atoms with Crippen molar-refractivity contribution in [2.75, 3.05) is 5.75 Å². The van der Waals surface area contributed by atoms with Crippen molar-refractivity contribution < 1.29 is 8.42 Å². The van der Waals surface area contributed by atoms with E-state index in [1.165, 1.54) is 4.57 Å². The number of fused-ring (bicyclic) bond motifs is 3. The zero-order valence-electron chi connectivity index (χ0n) is 17.6. The molecule has 0 spiro atoms. The minimum Gasteiger partial charge on any atom is -0.318 e. The summed E-state index contributed by atoms with van der Waals surface area (Å²) in [5, 5.41) is 0.637. The maximum Gasteiger partial charge on any atom is 0.250 e. The van der Waals surface area contributed by atoms with Crippen LogP contribution in [0, 0.1) is 0 Å². The Morgan fingerprint density at radius 3 is 2.42 bits per heavy atom. The largest absolute Gasteiger partial charge is 0.318 e. The van der Waals surface area contributed by atoms with Crippen molar-refractivity contribution >= 4 is 27.1 Å². The molecular weight excluding hydrogens is 432 g/mol. The van der Waals surface area contributed by atoms with Crippen LogP contribution in [0.15, 0.2) is 64.5 Å². The number of pyridine rings is 1. The fraction of sp³-hybridized carbons (Fsp3) is 0.250. The quantitative estimate of drug-likeness (QED) is 0.580. The number of hydrogen-bond acceptors (Lipinski definition) is 4. The molecule has 7 heteroatoms. The summed E-state index contributed by atoms with van der Waals surface area (Å²) in [4.78, 5) is 17.3. The zero-order valence-corrected chi connectivity index (χ0v) is 19.2. The molecule has 0 radical (unpaired) electrons. The third-order valence-electron chi connectivity index (χ3n) is 5.61. The zero-order chi connectivity index (χ0) is 22.3. The van der Waals surface area contributed by atoms with Crippen LogP contribution in [0.4, 0.5) is 0 Å². The van der Waals surface area contributed by atoms with Gasteiger partial charge in [0.1, 0.15) is 0 Å². The van der Waals surface area contributed by atoms with Gasteiger partial charge in [-0.1, -0.05) is 42.8 Å². The summed E-state index contributed by atoms with van der Waals surface area (Å²) in [5.74, 6) is 0.0601. The summed E-state index contributed by atoms with van der Waals surface area (Å²) < 4.78 is 26.0. The average Bonchev–Trinajstić information content (AvgIpc) is 2.84. The lowest BCUT2D eigenvalue weighted by Gasteiger charge is -2.15. The fourth-order valence-corrected chi connectivity index (χ4v) is 4.87. The highest BCUT2D eigenvalue weighted by Gasteiger charge is 2.24. The molecule has 1 aliphatic rings. The monoisotopic (exact) mass is 454 g/mol. The average molecular weight is 455 g/mol. The molecule has 31 heavy (non-hydrogen) atoms. The van der Waals surface area contributed by atoms with Gasteiger partial charge in [0.25, 0.3) is 5.56 Å². The second kappa shape index (κ2) is 8.09. The second-order valence-corrected chi connectivity index (χ2v) is 10.6. The van der Waals surface area contributed by atoms with Gasteiger partial charge >= 0.3 is 0 Å². The van der Waals surface area contributed by atoms with Gasteiger partial charge in [-0.15, -0.1) is 0 Å². The van der Waals surface area contributed by atoms with Crippen LogP contribution in [-0.2, 0) is 22.6 Å². The summed E-state index contributed by atoms with van der Waals surface area (Å²) in [6, 6.07) is 14.5. The van der Waals surface area contributed by atoms with Gasteiger partial charge < -0.3 is 4.57 Å². The Labute approximate surface area is 187 Å². The first kappa shape index (κ1) is 21.5. The van der Waals surface area contributed by atoms with E-state index in [9.17, 15) is 13.2 Å². The Bertz CT molecular complexity index is 1360. The van der Waals surface area contributed by atoms with E-state index in [2.05, 4.69) is 0 Å². The smallest absolute Gasteiger partial charge is 0.250 e. The number of rotatable bonds is 4. The van der Waals surface area contributed by atoms with Gasteiger partial charge in [-0.05, 0) is 41.8 Å². The lowest BCUT2D eigenvalue weighted by Crippen LogP contribution is -2.17. The standard InChI is InChI=1S/C24H23ClN2O3S/c1-4-31(29,30)14-16-5-10-19-21(11-16)22-13-27(3)23(28)12-20(22)15(2)26-24(19)17-6-8-18(25)9-7-17/h5-13,15H,4,14H2,1-3H3/t15-/m0/s1. The molecule has 1 atom stereocenters. The molecule has 0 saturated carbocycles. The van der Waals surface area contributed by atoms with Crippen molar-refractivity contribution in [1.29, 1.82) is 0 Å². The molecule has 4 rings (SSSR count). The Balaban J connectivity index is 2.00. The van der Waals surface area contributed by atoms with Crippen LogP contribution in [0.25, 0.3) is 11.1 Å². The molecule has 1 aliphatic heterocycles. The van der Waals surface area contributed by atoms with Gasteiger partial charge in [-0.25, -0.2) is 8.42 Å². The molecular formula is C24H23ClN2O3S. The van der Waals surface area contributed by atoms with Gasteiger partial charge in [0.2, 0.25) is 0 Å². The number of sulfone groups is 1. The highest BCUT2D eigenvalue weighted by atomic mass is 35.5. The summed E-state index contributed by atoms with van der Waals surface area (Å²) in [6.07, 6.45) is 1.81. The van der Waals surface area contributed by atoms with Crippen molar-refractivity contribution in [3.63, 3.8) is 0 Å². The molecule has 0 aliphatic carbocycles. The van der Waals surface area contributed by atoms with Crippen molar-refractivity contribution in [2.45, 2.75) is 25.6 Å². The van der Waals surface area contributed by atoms with E-state index in [0.29, 0.717) is 10.6 Å². The first-order valence-electron chi connectivity index (χ1n) is 10.1. The van der Waals surface area contributed by atoms with Gasteiger partial charge in [0, 0.05) is 46.8 Å². The number of benzene rings is 2. The topological polar surface area (TPSA) is 68.5 Å². The molecule has 2 aromatic carbocycles. The van der Waals surface area contributed by atoms with E-state index in [1.807, 2.05) is 55.6 Å². The summed E-state index contributed by atoms with van der Waals surface area (Å²) >= 11 is 6.08. The molecule has 2 heterocycles. The molecule has 0 N–H and O–H groups in total. The molecule has 0 saturated heterocycles. The number of aromatic nitrogens is 1. The van der Waals surface area contributed by atoms with Gasteiger partial charge in [0.05, 0.1) is 17.5 Å². The van der Waals surface area contributed by atoms with E-state index in [0.717, 1.165) is 33.5 Å². The van der Waals surface area contributed by atoms with Crippen LogP contribution in [-0.4, -0.2) is 24.4 Å². The van der Waals surface area contributed by atoms with Gasteiger partial charge in [-0.2, -0.15) is 0 Å². The first-order valence-corrected chi connectivity index (χ1v) is 12.3. The maximum atomic E-state index is 12.4. The van der Waals surface area contributed by atoms with Crippen LogP contribution in [0.3, 0.4) is 0 Å². The summed E-state index contributed by atoms with van der Waals surface area (Å²) in [7, 11) is -1.47. The molecule has 0 amide bonds. The number of hydrogen-bond donors (Lipinski definition) is 0. The van der Waals surface area contributed by atoms with Crippen molar-refractivity contribution in [3.05, 3.63) is 92.4 Å². The van der Waals surface area contributed by atoms with E-state index < -0.39 is 9.84 Å². The van der Waals surface area contributed by atoms with E-state index in [1.54, 1.807) is 20.0 Å². The van der Waals surface area contributed by atoms with Crippen molar-refractivity contribution in [3.8, 4) is 11.1 Å². The van der Waals surface area contributed by atoms with Crippen molar-refractivity contribution in [1.82, 2.24) is 4.57 Å². The Morgan fingerprint density at radius 2 is 1.74 bits per heavy atom. The van der Waals surface area contributed by atoms with E-state index in [4.69, 9.17) is 16.6 Å². The highest BCUT2D eigenvalue weighted by Crippen LogP contribution is 2.37. The molecule has 0 unspecified atom stereocenters. The number of halogens is 1. The van der Waals surface area contributed by atoms with Crippen LogP contribution < -0.4 is 5.56 Å². The Kier molecular flexibility index (Phi) is 5.62. The van der Waals surface area contributed by atoms with Crippen LogP contribution in [0.5, 0.6) is 0 Å². The van der Waals surface area contributed by atoms with Gasteiger partial charge in [-0.3, -0.25) is 9.79 Å². The number of nitrogens with zero attached hydrogens (tertiary/aromatic N) is 2. The molecule has 0 fully saturated rings. The first-order chi connectivity index (χ1) is 14.7. The summed E-state index contributed by atoms with van der Waals surface area (Å²) in [6.45, 7) is 3.61. The minimum atomic E-state index is -3.18. The summed E-state index contributed by atoms with van der Waals surface area (Å²) in [5.41, 5.74) is 5.77. The molecule has 160 valence electrons. The highest BCUT2D eigenvalue weighted by molar-refractivity contribution is 7.90. The predicted molar refractivity (Wildman–Crippen MR) is 126 cm³/mol. The fourth-order valence-electron chi connectivity index (χ4n) is 3.85. The second-order valence-electron chi connectivity index (χ2n) is 7.81. The Morgan fingerprint density at radius 1 is 1.03 bits per heavy atom. The number of aliphatic imine (C=N–C) groups is 1. The Hall–Kier alpha value is -2.70. The lowest BCUT2D eigenvalue weighted by atomic mass is 9.91. The van der Waals surface area contributed by atoms with Crippen LogP contribution >= 0.6 is 11.6 Å². The SMILES string of the molecule is CCS(=O)(=O)Cc1ccc2c(c1)-c1cn(C)c(=O)cc1[C@H](C)N=C2c1ccc(Cl)cc1. The van der Waals surface area contributed by atoms with Crippen molar-refractivity contribution in [2.24, 2.45) is 12.0 Å². The lowest BCUT2D eigenvalue weighted by molar-refractivity contribution is 0.596.